The Balaban J connectivity index is 2.89. The van der Waals surface area contributed by atoms with Crippen LogP contribution in [0.5, 0.6) is 0 Å². The van der Waals surface area contributed by atoms with Gasteiger partial charge in [-0.1, -0.05) is 11.6 Å². The van der Waals surface area contributed by atoms with E-state index >= 15 is 0 Å². The largest absolute Gasteiger partial charge is 0.345 e. The fraction of sp³-hybridized carbons (Fsp3) is 0.250. The highest BCUT2D eigenvalue weighted by atomic mass is 35.5. The van der Waals surface area contributed by atoms with Gasteiger partial charge in [0, 0.05) is 12.7 Å². The lowest BCUT2D eigenvalue weighted by Crippen LogP contribution is -2.04. The third kappa shape index (κ3) is 1.14. The molecule has 0 bridgehead atoms. The number of fused-ring (bicyclic) bond motifs is 1. The van der Waals surface area contributed by atoms with Crippen molar-refractivity contribution in [3.05, 3.63) is 27.6 Å². The van der Waals surface area contributed by atoms with Gasteiger partial charge < -0.3 is 4.98 Å². The lowest BCUT2D eigenvalue weighted by Gasteiger charge is -1.97. The highest BCUT2D eigenvalue weighted by Crippen LogP contribution is 2.09. The number of hydrogen-bond donors (Lipinski definition) is 1. The van der Waals surface area contributed by atoms with Gasteiger partial charge in [0.25, 0.3) is 0 Å². The number of nitrogens with zero attached hydrogens (tertiary/aromatic N) is 2. The highest BCUT2D eigenvalue weighted by Gasteiger charge is 2.06. The number of pyridine rings is 1. The van der Waals surface area contributed by atoms with Gasteiger partial charge in [0.15, 0.2) is 0 Å². The Morgan fingerprint density at radius 2 is 2.46 bits per heavy atom. The number of aromatic nitrogens is 3. The summed E-state index contributed by atoms with van der Waals surface area (Å²) >= 11 is 5.66. The van der Waals surface area contributed by atoms with E-state index in [2.05, 4.69) is 10.1 Å². The van der Waals surface area contributed by atoms with Crippen molar-refractivity contribution in [3.63, 3.8) is 0 Å². The molecule has 0 saturated carbocycles. The molecule has 1 N–H and O–H groups in total. The van der Waals surface area contributed by atoms with Gasteiger partial charge in [-0.15, -0.1) is 0 Å². The SMILES string of the molecule is CCn1ncc2c(=O)c(Cl)c[nH]c21. The maximum Gasteiger partial charge on any atom is 0.211 e. The molecule has 2 aromatic rings. The van der Waals surface area contributed by atoms with Gasteiger partial charge in [-0.2, -0.15) is 5.10 Å². The summed E-state index contributed by atoms with van der Waals surface area (Å²) in [4.78, 5) is 14.4. The van der Waals surface area contributed by atoms with Crippen molar-refractivity contribution in [1.82, 2.24) is 14.8 Å². The van der Waals surface area contributed by atoms with Gasteiger partial charge in [-0.25, -0.2) is 4.68 Å². The predicted octanol–water partition coefficient (Wildman–Crippen LogP) is 1.40. The summed E-state index contributed by atoms with van der Waals surface area (Å²) in [5.41, 5.74) is 0.548. The predicted molar refractivity (Wildman–Crippen MR) is 51.0 cm³/mol. The van der Waals surface area contributed by atoms with Crippen molar-refractivity contribution >= 4 is 22.6 Å². The number of aryl methyl sites for hydroxylation is 1. The number of hydrogen-bond acceptors (Lipinski definition) is 2. The van der Waals surface area contributed by atoms with Crippen molar-refractivity contribution in [2.45, 2.75) is 13.5 Å². The number of aromatic amines is 1. The van der Waals surface area contributed by atoms with Crippen LogP contribution in [0.25, 0.3) is 11.0 Å². The second-order valence-corrected chi connectivity index (χ2v) is 3.10. The number of nitrogens with one attached hydrogen (secondary N) is 1. The topological polar surface area (TPSA) is 50.7 Å². The zero-order chi connectivity index (χ0) is 9.42. The monoisotopic (exact) mass is 197 g/mol. The van der Waals surface area contributed by atoms with Crippen molar-refractivity contribution in [2.24, 2.45) is 0 Å². The molecule has 4 nitrogen and oxygen atoms in total. The smallest absolute Gasteiger partial charge is 0.211 e. The van der Waals surface area contributed by atoms with Gasteiger partial charge >= 0.3 is 0 Å². The van der Waals surface area contributed by atoms with Crippen molar-refractivity contribution in [1.29, 1.82) is 0 Å². The van der Waals surface area contributed by atoms with Crippen molar-refractivity contribution < 1.29 is 0 Å². The third-order valence-corrected chi connectivity index (χ3v) is 2.22. The molecule has 0 aliphatic rings. The first-order valence-electron chi connectivity index (χ1n) is 3.96. The minimum absolute atomic E-state index is 0.171. The molecule has 0 unspecified atom stereocenters. The standard InChI is InChI=1S/C8H8ClN3O/c1-2-12-8-5(3-11-12)7(13)6(9)4-10-8/h3-4H,2H2,1H3,(H,10,13). The first kappa shape index (κ1) is 8.31. The summed E-state index contributed by atoms with van der Waals surface area (Å²) in [6.45, 7) is 2.68. The molecule has 5 heteroatoms. The van der Waals surface area contributed by atoms with Crippen LogP contribution in [-0.2, 0) is 6.54 Å². The normalized spacial score (nSPS) is 10.9. The molecule has 68 valence electrons. The molecule has 0 saturated heterocycles. The average Bonchev–Trinajstić information content (AvgIpc) is 2.55. The molecule has 0 amide bonds. The van der Waals surface area contributed by atoms with Crippen LogP contribution >= 0.6 is 11.6 Å². The van der Waals surface area contributed by atoms with Gasteiger partial charge in [-0.3, -0.25) is 4.79 Å². The molecular weight excluding hydrogens is 190 g/mol. The van der Waals surface area contributed by atoms with Crippen LogP contribution in [0.2, 0.25) is 5.02 Å². The fourth-order valence-electron chi connectivity index (χ4n) is 1.27. The van der Waals surface area contributed by atoms with Gasteiger partial charge in [0.2, 0.25) is 5.43 Å². The maximum absolute atomic E-state index is 11.5. The van der Waals surface area contributed by atoms with Crippen LogP contribution < -0.4 is 5.43 Å². The highest BCUT2D eigenvalue weighted by molar-refractivity contribution is 6.30. The summed E-state index contributed by atoms with van der Waals surface area (Å²) in [5.74, 6) is 0. The number of H-pyrrole nitrogens is 1. The molecule has 0 radical (unpaired) electrons. The molecule has 0 fully saturated rings. The molecule has 0 aromatic carbocycles. The Morgan fingerprint density at radius 3 is 3.15 bits per heavy atom. The second kappa shape index (κ2) is 2.88. The zero-order valence-electron chi connectivity index (χ0n) is 7.04. The van der Waals surface area contributed by atoms with Crippen molar-refractivity contribution in [3.8, 4) is 0 Å². The summed E-state index contributed by atoms with van der Waals surface area (Å²) in [5, 5.41) is 4.78. The van der Waals surface area contributed by atoms with E-state index in [1.807, 2.05) is 6.92 Å². The third-order valence-electron chi connectivity index (χ3n) is 1.94. The Kier molecular flexibility index (Phi) is 1.84. The van der Waals surface area contributed by atoms with Crippen LogP contribution in [0.1, 0.15) is 6.92 Å². The molecule has 0 aliphatic heterocycles. The minimum Gasteiger partial charge on any atom is -0.345 e. The molecule has 0 spiro atoms. The number of rotatable bonds is 1. The van der Waals surface area contributed by atoms with E-state index in [9.17, 15) is 4.79 Å². The molecule has 2 heterocycles. The lowest BCUT2D eigenvalue weighted by atomic mass is 10.3. The molecule has 0 atom stereocenters. The van der Waals surface area contributed by atoms with Crippen LogP contribution in [0, 0.1) is 0 Å². The van der Waals surface area contributed by atoms with Gasteiger partial charge in [-0.05, 0) is 6.92 Å². The summed E-state index contributed by atoms with van der Waals surface area (Å²) in [6, 6.07) is 0. The number of halogens is 1. The fourth-order valence-corrected chi connectivity index (χ4v) is 1.43. The summed E-state index contributed by atoms with van der Waals surface area (Å²) in [7, 11) is 0. The van der Waals surface area contributed by atoms with Gasteiger partial charge in [0.05, 0.1) is 11.6 Å². The minimum atomic E-state index is -0.171. The van der Waals surface area contributed by atoms with Gasteiger partial charge in [0.1, 0.15) is 10.7 Å². The maximum atomic E-state index is 11.5. The van der Waals surface area contributed by atoms with Crippen LogP contribution in [0.15, 0.2) is 17.2 Å². The van der Waals surface area contributed by atoms with Crippen LogP contribution in [0.4, 0.5) is 0 Å². The van der Waals surface area contributed by atoms with E-state index in [1.54, 1.807) is 4.68 Å². The van der Waals surface area contributed by atoms with Crippen LogP contribution in [0.3, 0.4) is 0 Å². The van der Waals surface area contributed by atoms with Crippen LogP contribution in [-0.4, -0.2) is 14.8 Å². The average molecular weight is 198 g/mol. The Morgan fingerprint density at radius 1 is 1.69 bits per heavy atom. The van der Waals surface area contributed by atoms with E-state index in [-0.39, 0.29) is 10.5 Å². The lowest BCUT2D eigenvalue weighted by molar-refractivity contribution is 0.677. The Labute approximate surface area is 79.1 Å². The molecule has 2 aromatic heterocycles. The molecular formula is C8H8ClN3O. The molecule has 2 rings (SSSR count). The quantitative estimate of drug-likeness (QED) is 0.751. The van der Waals surface area contributed by atoms with Crippen molar-refractivity contribution in [2.75, 3.05) is 0 Å². The first-order valence-corrected chi connectivity index (χ1v) is 4.34. The van der Waals surface area contributed by atoms with E-state index in [0.717, 1.165) is 12.2 Å². The van der Waals surface area contributed by atoms with E-state index in [0.29, 0.717) is 5.39 Å². The Bertz CT molecular complexity index is 500. The van der Waals surface area contributed by atoms with E-state index in [1.165, 1.54) is 12.4 Å². The molecule has 13 heavy (non-hydrogen) atoms. The summed E-state index contributed by atoms with van der Waals surface area (Å²) < 4.78 is 1.72. The Hall–Kier alpha value is -1.29. The zero-order valence-corrected chi connectivity index (χ0v) is 7.80. The first-order chi connectivity index (χ1) is 6.24. The van der Waals surface area contributed by atoms with E-state index in [4.69, 9.17) is 11.6 Å². The second-order valence-electron chi connectivity index (χ2n) is 2.69. The molecule has 0 aliphatic carbocycles. The van der Waals surface area contributed by atoms with E-state index < -0.39 is 0 Å². The summed E-state index contributed by atoms with van der Waals surface area (Å²) in [6.07, 6.45) is 3.02.